The standard InChI is InChI=1S/C15H14BrNO/c1-12(18)17(16)11-13-7-9-15(10-8-13)14-5-3-2-4-6-14/h2-10H,11H2,1H3. The summed E-state index contributed by atoms with van der Waals surface area (Å²) in [5.74, 6) is 0.00198. The molecule has 0 aliphatic rings. The van der Waals surface area contributed by atoms with E-state index in [0.717, 1.165) is 5.56 Å². The van der Waals surface area contributed by atoms with Crippen molar-refractivity contribution in [3.05, 3.63) is 60.2 Å². The molecule has 1 amide bonds. The van der Waals surface area contributed by atoms with E-state index in [9.17, 15) is 4.79 Å². The first kappa shape index (κ1) is 12.8. The molecule has 2 nitrogen and oxygen atoms in total. The van der Waals surface area contributed by atoms with Gasteiger partial charge in [0.25, 0.3) is 0 Å². The second kappa shape index (κ2) is 5.83. The van der Waals surface area contributed by atoms with Gasteiger partial charge in [0, 0.05) is 6.92 Å². The predicted molar refractivity (Wildman–Crippen MR) is 77.0 cm³/mol. The number of hydrogen-bond acceptors (Lipinski definition) is 1. The molecule has 2 aromatic carbocycles. The molecule has 0 bridgehead atoms. The molecule has 0 aliphatic carbocycles. The van der Waals surface area contributed by atoms with Crippen LogP contribution in [0, 0.1) is 0 Å². The van der Waals surface area contributed by atoms with Crippen LogP contribution in [-0.2, 0) is 11.3 Å². The summed E-state index contributed by atoms with van der Waals surface area (Å²) in [5, 5.41) is 0. The van der Waals surface area contributed by atoms with Crippen LogP contribution in [0.2, 0.25) is 0 Å². The first-order valence-corrected chi connectivity index (χ1v) is 6.46. The number of carbonyl (C=O) groups excluding carboxylic acids is 1. The summed E-state index contributed by atoms with van der Waals surface area (Å²) < 4.78 is 1.52. The molecule has 0 saturated carbocycles. The summed E-state index contributed by atoms with van der Waals surface area (Å²) in [4.78, 5) is 11.1. The summed E-state index contributed by atoms with van der Waals surface area (Å²) in [7, 11) is 0. The smallest absolute Gasteiger partial charge is 0.229 e. The van der Waals surface area contributed by atoms with Crippen LogP contribution in [-0.4, -0.2) is 9.83 Å². The van der Waals surface area contributed by atoms with Gasteiger partial charge in [-0.3, -0.25) is 8.72 Å². The molecule has 0 radical (unpaired) electrons. The second-order valence-electron chi connectivity index (χ2n) is 4.10. The van der Waals surface area contributed by atoms with Crippen LogP contribution >= 0.6 is 16.1 Å². The van der Waals surface area contributed by atoms with E-state index in [4.69, 9.17) is 0 Å². The van der Waals surface area contributed by atoms with E-state index < -0.39 is 0 Å². The summed E-state index contributed by atoms with van der Waals surface area (Å²) >= 11 is 3.23. The average Bonchev–Trinajstić information content (AvgIpc) is 2.40. The van der Waals surface area contributed by atoms with Crippen LogP contribution < -0.4 is 0 Å². The zero-order valence-corrected chi connectivity index (χ0v) is 11.7. The molecule has 0 saturated heterocycles. The summed E-state index contributed by atoms with van der Waals surface area (Å²) in [6.45, 7) is 2.11. The molecule has 0 aliphatic heterocycles. The minimum Gasteiger partial charge on any atom is -0.275 e. The molecule has 2 rings (SSSR count). The maximum atomic E-state index is 11.1. The Labute approximate surface area is 116 Å². The fraction of sp³-hybridized carbons (Fsp3) is 0.133. The molecule has 0 spiro atoms. The maximum Gasteiger partial charge on any atom is 0.229 e. The van der Waals surface area contributed by atoms with Crippen LogP contribution in [0.25, 0.3) is 11.1 Å². The van der Waals surface area contributed by atoms with E-state index in [1.807, 2.05) is 30.3 Å². The third kappa shape index (κ3) is 3.20. The third-order valence-corrected chi connectivity index (χ3v) is 3.47. The number of carbonyl (C=O) groups is 1. The lowest BCUT2D eigenvalue weighted by Gasteiger charge is -2.12. The van der Waals surface area contributed by atoms with E-state index >= 15 is 0 Å². The van der Waals surface area contributed by atoms with Crippen molar-refractivity contribution < 1.29 is 4.79 Å². The zero-order chi connectivity index (χ0) is 13.0. The molecule has 0 atom stereocenters. The van der Waals surface area contributed by atoms with Gasteiger partial charge in [-0.25, -0.2) is 0 Å². The minimum absolute atomic E-state index is 0.00198. The lowest BCUT2D eigenvalue weighted by atomic mass is 10.0. The van der Waals surface area contributed by atoms with Crippen LogP contribution in [0.5, 0.6) is 0 Å². The largest absolute Gasteiger partial charge is 0.275 e. The Balaban J connectivity index is 2.13. The van der Waals surface area contributed by atoms with Gasteiger partial charge in [0.05, 0.1) is 22.7 Å². The molecule has 2 aromatic rings. The molecule has 0 heterocycles. The Morgan fingerprint density at radius 3 is 2.11 bits per heavy atom. The Hall–Kier alpha value is -1.61. The molecule has 0 N–H and O–H groups in total. The maximum absolute atomic E-state index is 11.1. The number of rotatable bonds is 3. The molecule has 18 heavy (non-hydrogen) atoms. The average molecular weight is 304 g/mol. The third-order valence-electron chi connectivity index (χ3n) is 2.72. The van der Waals surface area contributed by atoms with Crippen LogP contribution in [0.15, 0.2) is 54.6 Å². The first-order valence-electron chi connectivity index (χ1n) is 5.75. The molecular formula is C15H14BrNO. The fourth-order valence-corrected chi connectivity index (χ4v) is 1.99. The van der Waals surface area contributed by atoms with Crippen molar-refractivity contribution in [1.82, 2.24) is 3.93 Å². The molecule has 0 unspecified atom stereocenters. The van der Waals surface area contributed by atoms with Crippen molar-refractivity contribution >= 4 is 22.1 Å². The van der Waals surface area contributed by atoms with Crippen molar-refractivity contribution in [3.63, 3.8) is 0 Å². The van der Waals surface area contributed by atoms with Crippen LogP contribution in [0.3, 0.4) is 0 Å². The number of benzene rings is 2. The van der Waals surface area contributed by atoms with Gasteiger partial charge < -0.3 is 0 Å². The highest BCUT2D eigenvalue weighted by molar-refractivity contribution is 9.07. The lowest BCUT2D eigenvalue weighted by Crippen LogP contribution is -2.16. The summed E-state index contributed by atoms with van der Waals surface area (Å²) in [5.41, 5.74) is 3.48. The van der Waals surface area contributed by atoms with E-state index in [1.165, 1.54) is 22.0 Å². The van der Waals surface area contributed by atoms with Gasteiger partial charge in [-0.15, -0.1) is 0 Å². The quantitative estimate of drug-likeness (QED) is 0.785. The Morgan fingerprint density at radius 1 is 1.00 bits per heavy atom. The number of amides is 1. The lowest BCUT2D eigenvalue weighted by molar-refractivity contribution is -0.123. The highest BCUT2D eigenvalue weighted by atomic mass is 79.9. The first-order chi connectivity index (χ1) is 8.66. The van der Waals surface area contributed by atoms with Crippen molar-refractivity contribution in [2.75, 3.05) is 0 Å². The molecular weight excluding hydrogens is 290 g/mol. The predicted octanol–water partition coefficient (Wildman–Crippen LogP) is 4.01. The normalized spacial score (nSPS) is 10.1. The minimum atomic E-state index is 0.00198. The van der Waals surface area contributed by atoms with Gasteiger partial charge in [-0.2, -0.15) is 0 Å². The highest BCUT2D eigenvalue weighted by Gasteiger charge is 2.05. The Morgan fingerprint density at radius 2 is 1.56 bits per heavy atom. The number of halogens is 1. The van der Waals surface area contributed by atoms with Gasteiger partial charge >= 0.3 is 0 Å². The molecule has 3 heteroatoms. The second-order valence-corrected chi connectivity index (χ2v) is 4.96. The Kier molecular flexibility index (Phi) is 4.15. The van der Waals surface area contributed by atoms with Crippen molar-refractivity contribution in [3.8, 4) is 11.1 Å². The van der Waals surface area contributed by atoms with E-state index in [2.05, 4.69) is 40.4 Å². The highest BCUT2D eigenvalue weighted by Crippen LogP contribution is 2.20. The Bertz CT molecular complexity index is 522. The molecule has 0 fully saturated rings. The topological polar surface area (TPSA) is 20.3 Å². The monoisotopic (exact) mass is 303 g/mol. The number of hydrogen-bond donors (Lipinski definition) is 0. The van der Waals surface area contributed by atoms with Gasteiger partial charge in [-0.05, 0) is 16.7 Å². The fourth-order valence-electron chi connectivity index (χ4n) is 1.70. The van der Waals surface area contributed by atoms with Gasteiger partial charge in [0.15, 0.2) is 0 Å². The molecule has 0 aromatic heterocycles. The van der Waals surface area contributed by atoms with Crippen molar-refractivity contribution in [2.45, 2.75) is 13.5 Å². The van der Waals surface area contributed by atoms with E-state index in [1.54, 1.807) is 0 Å². The zero-order valence-electron chi connectivity index (χ0n) is 10.1. The van der Waals surface area contributed by atoms with Crippen molar-refractivity contribution in [2.24, 2.45) is 0 Å². The van der Waals surface area contributed by atoms with Gasteiger partial charge in [0.2, 0.25) is 5.91 Å². The molecule has 92 valence electrons. The summed E-state index contributed by atoms with van der Waals surface area (Å²) in [6.07, 6.45) is 0. The number of nitrogens with zero attached hydrogens (tertiary/aromatic N) is 1. The summed E-state index contributed by atoms with van der Waals surface area (Å²) in [6, 6.07) is 18.5. The van der Waals surface area contributed by atoms with Gasteiger partial charge in [0.1, 0.15) is 0 Å². The van der Waals surface area contributed by atoms with Crippen LogP contribution in [0.1, 0.15) is 12.5 Å². The van der Waals surface area contributed by atoms with Crippen LogP contribution in [0.4, 0.5) is 0 Å². The SMILES string of the molecule is CC(=O)N(Br)Cc1ccc(-c2ccccc2)cc1. The van der Waals surface area contributed by atoms with E-state index in [0.29, 0.717) is 6.54 Å². The van der Waals surface area contributed by atoms with Crippen molar-refractivity contribution in [1.29, 1.82) is 0 Å². The van der Waals surface area contributed by atoms with E-state index in [-0.39, 0.29) is 5.91 Å². The van der Waals surface area contributed by atoms with Gasteiger partial charge in [-0.1, -0.05) is 54.6 Å².